The normalized spacial score (nSPS) is 16.4. The standard InChI is InChI=1S/C15H20N2O2/c1-5-16-13(18)9-17-12-7-6-10(2)8-11(12)15(3,4)14(17)19/h6-8H,5,9H2,1-4H3,(H,16,18). The van der Waals surface area contributed by atoms with E-state index >= 15 is 0 Å². The largest absolute Gasteiger partial charge is 0.355 e. The van der Waals surface area contributed by atoms with Crippen LogP contribution in [0.25, 0.3) is 0 Å². The SMILES string of the molecule is CCNC(=O)CN1C(=O)C(C)(C)c2cc(C)ccc21. The lowest BCUT2D eigenvalue weighted by Crippen LogP contribution is -2.42. The number of benzene rings is 1. The number of nitrogens with zero attached hydrogens (tertiary/aromatic N) is 1. The highest BCUT2D eigenvalue weighted by Crippen LogP contribution is 2.41. The van der Waals surface area contributed by atoms with Crippen LogP contribution in [-0.2, 0) is 15.0 Å². The van der Waals surface area contributed by atoms with Gasteiger partial charge in [0.2, 0.25) is 11.8 Å². The molecule has 19 heavy (non-hydrogen) atoms. The molecule has 0 spiro atoms. The molecule has 2 rings (SSSR count). The first kappa shape index (κ1) is 13.6. The molecule has 1 N–H and O–H groups in total. The molecule has 1 aliphatic heterocycles. The minimum absolute atomic E-state index is 0.0145. The van der Waals surface area contributed by atoms with E-state index in [-0.39, 0.29) is 18.4 Å². The van der Waals surface area contributed by atoms with Crippen molar-refractivity contribution in [1.82, 2.24) is 5.32 Å². The van der Waals surface area contributed by atoms with Crippen molar-refractivity contribution < 1.29 is 9.59 Å². The van der Waals surface area contributed by atoms with E-state index in [1.165, 1.54) is 0 Å². The quantitative estimate of drug-likeness (QED) is 0.900. The summed E-state index contributed by atoms with van der Waals surface area (Å²) in [4.78, 5) is 25.8. The summed E-state index contributed by atoms with van der Waals surface area (Å²) in [5.41, 5.74) is 2.42. The van der Waals surface area contributed by atoms with E-state index < -0.39 is 5.41 Å². The second-order valence-electron chi connectivity index (χ2n) is 5.49. The van der Waals surface area contributed by atoms with Gasteiger partial charge in [0.25, 0.3) is 0 Å². The summed E-state index contributed by atoms with van der Waals surface area (Å²) in [6, 6.07) is 5.93. The van der Waals surface area contributed by atoms with Crippen molar-refractivity contribution in [3.63, 3.8) is 0 Å². The number of nitrogens with one attached hydrogen (secondary N) is 1. The minimum atomic E-state index is -0.562. The molecule has 0 saturated carbocycles. The fourth-order valence-corrected chi connectivity index (χ4v) is 2.50. The molecule has 1 heterocycles. The van der Waals surface area contributed by atoms with Gasteiger partial charge in [0, 0.05) is 12.2 Å². The van der Waals surface area contributed by atoms with Crippen LogP contribution in [0.5, 0.6) is 0 Å². The van der Waals surface area contributed by atoms with Crippen LogP contribution in [0.15, 0.2) is 18.2 Å². The number of likely N-dealkylation sites (N-methyl/N-ethyl adjacent to an activating group) is 1. The number of carbonyl (C=O) groups excluding carboxylic acids is 2. The molecule has 102 valence electrons. The van der Waals surface area contributed by atoms with Crippen LogP contribution in [-0.4, -0.2) is 24.9 Å². The number of anilines is 1. The van der Waals surface area contributed by atoms with Crippen LogP contribution in [0.2, 0.25) is 0 Å². The average Bonchev–Trinajstić information content (AvgIpc) is 2.51. The summed E-state index contributed by atoms with van der Waals surface area (Å²) in [5, 5.41) is 2.73. The Morgan fingerprint density at radius 2 is 2.05 bits per heavy atom. The van der Waals surface area contributed by atoms with E-state index in [9.17, 15) is 9.59 Å². The Labute approximate surface area is 113 Å². The fourth-order valence-electron chi connectivity index (χ4n) is 2.50. The first-order chi connectivity index (χ1) is 8.87. The number of rotatable bonds is 3. The van der Waals surface area contributed by atoms with Crippen LogP contribution in [0.1, 0.15) is 31.9 Å². The summed E-state index contributed by atoms with van der Waals surface area (Å²) in [5.74, 6) is -0.139. The molecule has 1 aromatic carbocycles. The third-order valence-corrected chi connectivity index (χ3v) is 3.57. The lowest BCUT2D eigenvalue weighted by atomic mass is 9.85. The predicted octanol–water partition coefficient (Wildman–Crippen LogP) is 1.76. The highest BCUT2D eigenvalue weighted by atomic mass is 16.2. The van der Waals surface area contributed by atoms with Crippen LogP contribution < -0.4 is 10.2 Å². The topological polar surface area (TPSA) is 49.4 Å². The number of hydrogen-bond donors (Lipinski definition) is 1. The van der Waals surface area contributed by atoms with Crippen molar-refractivity contribution in [2.75, 3.05) is 18.0 Å². The van der Waals surface area contributed by atoms with Crippen LogP contribution in [0.3, 0.4) is 0 Å². The third-order valence-electron chi connectivity index (χ3n) is 3.57. The number of carbonyl (C=O) groups is 2. The molecular weight excluding hydrogens is 240 g/mol. The van der Waals surface area contributed by atoms with Gasteiger partial charge in [-0.15, -0.1) is 0 Å². The summed E-state index contributed by atoms with van der Waals surface area (Å²) in [7, 11) is 0. The fraction of sp³-hybridized carbons (Fsp3) is 0.467. The zero-order valence-corrected chi connectivity index (χ0v) is 11.9. The van der Waals surface area contributed by atoms with Crippen molar-refractivity contribution in [1.29, 1.82) is 0 Å². The zero-order chi connectivity index (χ0) is 14.2. The van der Waals surface area contributed by atoms with Crippen LogP contribution in [0, 0.1) is 6.92 Å². The van der Waals surface area contributed by atoms with Crippen molar-refractivity contribution >= 4 is 17.5 Å². The average molecular weight is 260 g/mol. The molecular formula is C15H20N2O2. The molecule has 4 heteroatoms. The second kappa shape index (κ2) is 4.68. The Morgan fingerprint density at radius 3 is 2.68 bits per heavy atom. The van der Waals surface area contributed by atoms with E-state index in [1.807, 2.05) is 45.9 Å². The molecule has 0 aliphatic carbocycles. The summed E-state index contributed by atoms with van der Waals surface area (Å²) < 4.78 is 0. The Balaban J connectivity index is 2.38. The van der Waals surface area contributed by atoms with Gasteiger partial charge in [-0.3, -0.25) is 9.59 Å². The smallest absolute Gasteiger partial charge is 0.240 e. The maximum Gasteiger partial charge on any atom is 0.240 e. The molecule has 0 fully saturated rings. The molecule has 0 unspecified atom stereocenters. The van der Waals surface area contributed by atoms with Gasteiger partial charge in [-0.05, 0) is 39.3 Å². The first-order valence-electron chi connectivity index (χ1n) is 6.57. The van der Waals surface area contributed by atoms with E-state index in [2.05, 4.69) is 5.32 Å². The summed E-state index contributed by atoms with van der Waals surface area (Å²) in [6.07, 6.45) is 0. The zero-order valence-electron chi connectivity index (χ0n) is 11.9. The third kappa shape index (κ3) is 2.23. The highest BCUT2D eigenvalue weighted by molar-refractivity contribution is 6.10. The van der Waals surface area contributed by atoms with Crippen LogP contribution in [0.4, 0.5) is 5.69 Å². The maximum absolute atomic E-state index is 12.5. The molecule has 0 aromatic heterocycles. The number of hydrogen-bond acceptors (Lipinski definition) is 2. The molecule has 1 aromatic rings. The Bertz CT molecular complexity index is 535. The monoisotopic (exact) mass is 260 g/mol. The van der Waals surface area contributed by atoms with Gasteiger partial charge in [-0.1, -0.05) is 17.7 Å². The van der Waals surface area contributed by atoms with Gasteiger partial charge < -0.3 is 10.2 Å². The van der Waals surface area contributed by atoms with E-state index in [0.29, 0.717) is 6.54 Å². The van der Waals surface area contributed by atoms with E-state index in [4.69, 9.17) is 0 Å². The van der Waals surface area contributed by atoms with Gasteiger partial charge >= 0.3 is 0 Å². The molecule has 0 atom stereocenters. The molecule has 1 aliphatic rings. The van der Waals surface area contributed by atoms with Gasteiger partial charge in [-0.2, -0.15) is 0 Å². The molecule has 0 bridgehead atoms. The minimum Gasteiger partial charge on any atom is -0.355 e. The summed E-state index contributed by atoms with van der Waals surface area (Å²) in [6.45, 7) is 8.35. The highest BCUT2D eigenvalue weighted by Gasteiger charge is 2.44. The van der Waals surface area contributed by atoms with Gasteiger partial charge in [0.1, 0.15) is 6.54 Å². The van der Waals surface area contributed by atoms with Gasteiger partial charge in [-0.25, -0.2) is 0 Å². The molecule has 0 radical (unpaired) electrons. The second-order valence-corrected chi connectivity index (χ2v) is 5.49. The maximum atomic E-state index is 12.5. The number of amides is 2. The lowest BCUT2D eigenvalue weighted by Gasteiger charge is -2.19. The van der Waals surface area contributed by atoms with Crippen LogP contribution >= 0.6 is 0 Å². The Hall–Kier alpha value is -1.84. The summed E-state index contributed by atoms with van der Waals surface area (Å²) >= 11 is 0. The van der Waals surface area contributed by atoms with Crippen molar-refractivity contribution in [3.8, 4) is 0 Å². The van der Waals surface area contributed by atoms with Gasteiger partial charge in [0.05, 0.1) is 5.41 Å². The predicted molar refractivity (Wildman–Crippen MR) is 75.2 cm³/mol. The number of aryl methyl sites for hydroxylation is 1. The molecule has 0 saturated heterocycles. The van der Waals surface area contributed by atoms with Gasteiger partial charge in [0.15, 0.2) is 0 Å². The van der Waals surface area contributed by atoms with Crippen molar-refractivity contribution in [2.45, 2.75) is 33.1 Å². The van der Waals surface area contributed by atoms with Crippen molar-refractivity contribution in [2.24, 2.45) is 0 Å². The Morgan fingerprint density at radius 1 is 1.37 bits per heavy atom. The first-order valence-corrected chi connectivity index (χ1v) is 6.57. The molecule has 4 nitrogen and oxygen atoms in total. The van der Waals surface area contributed by atoms with E-state index in [0.717, 1.165) is 16.8 Å². The lowest BCUT2D eigenvalue weighted by molar-refractivity contribution is -0.125. The molecule has 2 amide bonds. The Kier molecular flexibility index (Phi) is 3.35. The van der Waals surface area contributed by atoms with Crippen molar-refractivity contribution in [3.05, 3.63) is 29.3 Å². The van der Waals surface area contributed by atoms with E-state index in [1.54, 1.807) is 4.90 Å². The number of fused-ring (bicyclic) bond motifs is 1.